The summed E-state index contributed by atoms with van der Waals surface area (Å²) in [5, 5.41) is 2.93. The van der Waals surface area contributed by atoms with Crippen molar-refractivity contribution in [1.29, 1.82) is 0 Å². The van der Waals surface area contributed by atoms with E-state index < -0.39 is 17.5 Å². The van der Waals surface area contributed by atoms with Gasteiger partial charge in [-0.2, -0.15) is 11.8 Å². The number of aromatic nitrogens is 2. The molecule has 62 heavy (non-hydrogen) atoms. The minimum Gasteiger partial charge on any atom is -0.464 e. The predicted molar refractivity (Wildman–Crippen MR) is 236 cm³/mol. The second kappa shape index (κ2) is 27.4. The molecule has 342 valence electrons. The van der Waals surface area contributed by atoms with Gasteiger partial charge in [-0.1, -0.05) is 18.6 Å². The summed E-state index contributed by atoms with van der Waals surface area (Å²) in [6.07, 6.45) is 6.74. The molecule has 2 fully saturated rings. The summed E-state index contributed by atoms with van der Waals surface area (Å²) in [5.41, 5.74) is 1.47. The Bertz CT molecular complexity index is 1730. The Kier molecular flexibility index (Phi) is 21.7. The standard InChI is InChI=1S/C46H67N5O10S/c1-46(35-62-30-10-6-9-19-47-45(54)60-33-40-38-15-7-4-5-8-16-39(38)40)34-59-26-22-50(31-36-13-11-17-41(48-36)43(52)55-2)20-24-57-28-29-58-25-21-51(23-27-61-46)32-37-14-12-18-42(49-37)44(53)56-3/h11-14,17-18,38-40H,6-10,15-16,19-35H2,1-3H3,(H,47,54)/t38-,39+,40?,46-/m1/s1. The Balaban J connectivity index is 1.10. The number of unbranched alkanes of at least 4 members (excludes halogenated alkanes) is 2. The zero-order valence-electron chi connectivity index (χ0n) is 36.9. The van der Waals surface area contributed by atoms with Crippen LogP contribution in [0.3, 0.4) is 0 Å². The molecule has 1 unspecified atom stereocenters. The van der Waals surface area contributed by atoms with Crippen LogP contribution in [0.1, 0.15) is 84.2 Å². The highest BCUT2D eigenvalue weighted by Crippen LogP contribution is 2.52. The lowest BCUT2D eigenvalue weighted by Gasteiger charge is -2.32. The first-order chi connectivity index (χ1) is 30.3. The molecule has 4 atom stereocenters. The number of methoxy groups -OCH3 is 2. The fourth-order valence-electron chi connectivity index (χ4n) is 7.80. The number of fused-ring (bicyclic) bond motifs is 1. The molecule has 1 saturated heterocycles. The molecule has 0 bridgehead atoms. The number of hydrogen-bond acceptors (Lipinski definition) is 15. The summed E-state index contributed by atoms with van der Waals surface area (Å²) in [7, 11) is 2.70. The maximum atomic E-state index is 12.4. The van der Waals surface area contributed by atoms with Crippen LogP contribution < -0.4 is 5.32 Å². The highest BCUT2D eigenvalue weighted by Gasteiger charge is 2.49. The van der Waals surface area contributed by atoms with Crippen molar-refractivity contribution < 1.29 is 47.5 Å². The summed E-state index contributed by atoms with van der Waals surface area (Å²) in [6, 6.07) is 10.7. The van der Waals surface area contributed by atoms with Gasteiger partial charge in [-0.15, -0.1) is 11.8 Å². The van der Waals surface area contributed by atoms with Crippen molar-refractivity contribution in [2.45, 2.75) is 70.6 Å². The summed E-state index contributed by atoms with van der Waals surface area (Å²) in [5.74, 6) is 9.03. The van der Waals surface area contributed by atoms with Gasteiger partial charge in [0.1, 0.15) is 11.4 Å². The van der Waals surface area contributed by atoms with Crippen LogP contribution >= 0.6 is 11.8 Å². The molecule has 1 amide bonds. The maximum absolute atomic E-state index is 12.4. The molecule has 15 nitrogen and oxygen atoms in total. The second-order valence-corrected chi connectivity index (χ2v) is 17.3. The summed E-state index contributed by atoms with van der Waals surface area (Å²) < 4.78 is 40.3. The Labute approximate surface area is 372 Å². The number of nitrogens with zero attached hydrogens (tertiary/aromatic N) is 4. The third-order valence-corrected chi connectivity index (χ3v) is 12.7. The van der Waals surface area contributed by atoms with Gasteiger partial charge in [0.2, 0.25) is 0 Å². The lowest BCUT2D eigenvalue weighted by atomic mass is 10.1. The van der Waals surface area contributed by atoms with Crippen molar-refractivity contribution in [3.05, 3.63) is 59.2 Å². The van der Waals surface area contributed by atoms with Crippen molar-refractivity contribution in [2.75, 3.05) is 111 Å². The van der Waals surface area contributed by atoms with Crippen LogP contribution in [0.25, 0.3) is 0 Å². The minimum absolute atomic E-state index is 0.268. The number of alkyl carbamates (subject to hydrolysis) is 1. The average Bonchev–Trinajstić information content (AvgIpc) is 3.93. The van der Waals surface area contributed by atoms with Gasteiger partial charge in [0, 0.05) is 64.4 Å². The van der Waals surface area contributed by atoms with E-state index in [2.05, 4.69) is 43.8 Å². The molecule has 3 heterocycles. The smallest absolute Gasteiger partial charge is 0.407 e. The number of esters is 2. The Morgan fingerprint density at radius 3 is 1.92 bits per heavy atom. The van der Waals surface area contributed by atoms with Crippen LogP contribution in [-0.2, 0) is 46.2 Å². The van der Waals surface area contributed by atoms with Crippen LogP contribution in [-0.4, -0.2) is 155 Å². The zero-order chi connectivity index (χ0) is 43.8. The van der Waals surface area contributed by atoms with Crippen LogP contribution in [0.15, 0.2) is 36.4 Å². The van der Waals surface area contributed by atoms with Crippen molar-refractivity contribution in [1.82, 2.24) is 25.1 Å². The van der Waals surface area contributed by atoms with E-state index in [0.717, 1.165) is 67.8 Å². The number of rotatable bonds is 16. The van der Waals surface area contributed by atoms with E-state index in [-0.39, 0.29) is 17.5 Å². The number of pyridine rings is 2. The van der Waals surface area contributed by atoms with Gasteiger partial charge in [-0.05, 0) is 80.4 Å². The predicted octanol–water partition coefficient (Wildman–Crippen LogP) is 5.26. The Hall–Kier alpha value is -3.82. The number of ether oxygens (including phenoxy) is 7. The highest BCUT2D eigenvalue weighted by molar-refractivity contribution is 7.99. The van der Waals surface area contributed by atoms with Crippen molar-refractivity contribution >= 4 is 29.8 Å². The van der Waals surface area contributed by atoms with Crippen molar-refractivity contribution in [2.24, 2.45) is 17.8 Å². The molecule has 3 aliphatic rings. The topological polar surface area (TPSA) is 160 Å². The molecule has 0 aromatic carbocycles. The van der Waals surface area contributed by atoms with E-state index in [1.165, 1.54) is 14.2 Å². The van der Waals surface area contributed by atoms with Gasteiger partial charge >= 0.3 is 18.0 Å². The molecule has 16 heteroatoms. The van der Waals surface area contributed by atoms with Crippen LogP contribution in [0.5, 0.6) is 0 Å². The largest absolute Gasteiger partial charge is 0.464 e. The maximum Gasteiger partial charge on any atom is 0.407 e. The zero-order valence-corrected chi connectivity index (χ0v) is 37.8. The highest BCUT2D eigenvalue weighted by atomic mass is 32.2. The van der Waals surface area contributed by atoms with Gasteiger partial charge in [-0.25, -0.2) is 24.4 Å². The molecule has 1 N–H and O–H groups in total. The molecule has 1 aliphatic heterocycles. The molecule has 2 aromatic rings. The van der Waals surface area contributed by atoms with Gasteiger partial charge < -0.3 is 38.5 Å². The minimum atomic E-state index is -0.568. The second-order valence-electron chi connectivity index (χ2n) is 16.2. The number of thioether (sulfide) groups is 1. The van der Waals surface area contributed by atoms with Gasteiger partial charge in [0.15, 0.2) is 0 Å². The Morgan fingerprint density at radius 1 is 0.774 bits per heavy atom. The summed E-state index contributed by atoms with van der Waals surface area (Å²) in [6.45, 7) is 9.91. The van der Waals surface area contributed by atoms with E-state index in [1.54, 1.807) is 12.1 Å². The third kappa shape index (κ3) is 17.7. The number of amides is 1. The van der Waals surface area contributed by atoms with Gasteiger partial charge in [0.05, 0.1) is 84.1 Å². The van der Waals surface area contributed by atoms with Crippen LogP contribution in [0.2, 0.25) is 0 Å². The third-order valence-electron chi connectivity index (χ3n) is 11.4. The van der Waals surface area contributed by atoms with Crippen LogP contribution in [0.4, 0.5) is 4.79 Å². The lowest BCUT2D eigenvalue weighted by Crippen LogP contribution is -2.41. The lowest BCUT2D eigenvalue weighted by molar-refractivity contribution is -0.0808. The first kappa shape index (κ1) is 49.2. The fourth-order valence-corrected chi connectivity index (χ4v) is 8.95. The normalized spacial score (nSPS) is 23.4. The number of nitrogens with one attached hydrogen (secondary N) is 1. The molecule has 0 spiro atoms. The van der Waals surface area contributed by atoms with Crippen molar-refractivity contribution in [3.8, 4) is 11.8 Å². The molecule has 0 radical (unpaired) electrons. The molecular formula is C46H67N5O10S. The van der Waals surface area contributed by atoms with E-state index in [4.69, 9.17) is 33.2 Å². The van der Waals surface area contributed by atoms with E-state index in [1.807, 2.05) is 36.0 Å². The molecule has 2 aliphatic carbocycles. The Morgan fingerprint density at radius 2 is 1.34 bits per heavy atom. The first-order valence-corrected chi connectivity index (χ1v) is 23.3. The fraction of sp³-hybridized carbons (Fsp3) is 0.674. The number of hydrogen-bond donors (Lipinski definition) is 1. The SMILES string of the molecule is COC(=O)c1cccc(CN2CCOCCOCCN(Cc3cccc(C(=O)OC)n3)CCO[C@@](C)(CSCCCCCNC(=O)OCC3[C@H]4CCC#CCC[C@@H]34)COCC2)n1. The molecule has 1 saturated carbocycles. The van der Waals surface area contributed by atoms with E-state index in [0.29, 0.717) is 116 Å². The van der Waals surface area contributed by atoms with E-state index >= 15 is 0 Å². The molecule has 2 aromatic heterocycles. The van der Waals surface area contributed by atoms with Crippen LogP contribution in [0, 0.1) is 29.6 Å². The quantitative estimate of drug-likeness (QED) is 0.101. The molecular weight excluding hydrogens is 815 g/mol. The monoisotopic (exact) mass is 881 g/mol. The summed E-state index contributed by atoms with van der Waals surface area (Å²) in [4.78, 5) is 50.1. The van der Waals surface area contributed by atoms with Gasteiger partial charge in [0.25, 0.3) is 0 Å². The first-order valence-electron chi connectivity index (χ1n) is 22.1. The average molecular weight is 882 g/mol. The van der Waals surface area contributed by atoms with Gasteiger partial charge in [-0.3, -0.25) is 9.80 Å². The van der Waals surface area contributed by atoms with E-state index in [9.17, 15) is 14.4 Å². The number of carbonyl (C=O) groups excluding carboxylic acids is 3. The molecule has 5 rings (SSSR count). The number of carbonyl (C=O) groups is 3. The summed E-state index contributed by atoms with van der Waals surface area (Å²) >= 11 is 1.84. The van der Waals surface area contributed by atoms with Crippen molar-refractivity contribution in [3.63, 3.8) is 0 Å².